The summed E-state index contributed by atoms with van der Waals surface area (Å²) in [5.41, 5.74) is 1.83. The number of amides is 2. The third-order valence-corrected chi connectivity index (χ3v) is 6.79. The number of ether oxygens (including phenoxy) is 2. The first-order chi connectivity index (χ1) is 18.2. The van der Waals surface area contributed by atoms with Crippen molar-refractivity contribution in [3.8, 4) is 0 Å². The minimum absolute atomic E-state index is 0.0400. The summed E-state index contributed by atoms with van der Waals surface area (Å²) in [5.74, 6) is -2.78. The van der Waals surface area contributed by atoms with Crippen LogP contribution in [-0.4, -0.2) is 70.3 Å². The van der Waals surface area contributed by atoms with Gasteiger partial charge in [0.15, 0.2) is 0 Å². The van der Waals surface area contributed by atoms with Gasteiger partial charge in [0, 0.05) is 26.2 Å². The number of hydrogen-bond acceptors (Lipinski definition) is 6. The first kappa shape index (κ1) is 28.5. The van der Waals surface area contributed by atoms with Crippen LogP contribution in [0.3, 0.4) is 0 Å². The minimum Gasteiger partial charge on any atom is -0.481 e. The van der Waals surface area contributed by atoms with Gasteiger partial charge in [0.25, 0.3) is 0 Å². The number of carbonyl (C=O) groups is 4. The van der Waals surface area contributed by atoms with Crippen molar-refractivity contribution < 1.29 is 38.9 Å². The fourth-order valence-electron chi connectivity index (χ4n) is 4.50. The van der Waals surface area contributed by atoms with Gasteiger partial charge < -0.3 is 29.5 Å². The van der Waals surface area contributed by atoms with Crippen LogP contribution in [0.25, 0.3) is 0 Å². The molecule has 0 aromatic heterocycles. The summed E-state index contributed by atoms with van der Waals surface area (Å²) in [6, 6.07) is 18.8. The van der Waals surface area contributed by atoms with Crippen LogP contribution in [0, 0.1) is 23.7 Å². The van der Waals surface area contributed by atoms with Crippen molar-refractivity contribution >= 4 is 24.1 Å². The van der Waals surface area contributed by atoms with Crippen molar-refractivity contribution in [1.82, 2.24) is 9.80 Å². The summed E-state index contributed by atoms with van der Waals surface area (Å²) >= 11 is 0. The van der Waals surface area contributed by atoms with Crippen LogP contribution in [0.5, 0.6) is 0 Å². The predicted molar refractivity (Wildman–Crippen MR) is 137 cm³/mol. The van der Waals surface area contributed by atoms with Gasteiger partial charge in [-0.3, -0.25) is 9.59 Å². The van der Waals surface area contributed by atoms with E-state index in [-0.39, 0.29) is 38.1 Å². The van der Waals surface area contributed by atoms with Crippen molar-refractivity contribution in [3.05, 3.63) is 71.8 Å². The van der Waals surface area contributed by atoms with E-state index in [1.807, 2.05) is 74.5 Å². The maximum Gasteiger partial charge on any atom is 0.410 e. The molecule has 0 bridgehead atoms. The largest absolute Gasteiger partial charge is 0.481 e. The topological polar surface area (TPSA) is 134 Å². The number of carboxylic acids is 2. The Morgan fingerprint density at radius 3 is 1.29 bits per heavy atom. The van der Waals surface area contributed by atoms with Gasteiger partial charge in [0.2, 0.25) is 0 Å². The van der Waals surface area contributed by atoms with Gasteiger partial charge >= 0.3 is 24.1 Å². The number of rotatable bonds is 6. The second-order valence-electron chi connectivity index (χ2n) is 9.73. The monoisotopic (exact) mass is 526 g/mol. The molecule has 0 saturated carbocycles. The molecule has 2 amide bonds. The van der Waals surface area contributed by atoms with E-state index in [1.54, 1.807) is 0 Å². The highest BCUT2D eigenvalue weighted by Gasteiger charge is 2.38. The molecule has 38 heavy (non-hydrogen) atoms. The van der Waals surface area contributed by atoms with E-state index < -0.39 is 36.0 Å². The van der Waals surface area contributed by atoms with Crippen LogP contribution in [0.15, 0.2) is 60.7 Å². The standard InChI is InChI=1S/2C14H17NO4/c2*1-10-7-15(8-12(10)13(16)17)14(18)19-9-11-5-3-2-4-6-11/h2*2-6,10,12H,7-9H2,1H3,(H,16,17)/t2*10-,12+/m10/s1. The molecule has 2 aliphatic heterocycles. The average Bonchev–Trinajstić information content (AvgIpc) is 3.50. The quantitative estimate of drug-likeness (QED) is 0.578. The summed E-state index contributed by atoms with van der Waals surface area (Å²) in [4.78, 5) is 48.6. The van der Waals surface area contributed by atoms with E-state index in [0.29, 0.717) is 13.1 Å². The van der Waals surface area contributed by atoms with Gasteiger partial charge in [-0.15, -0.1) is 0 Å². The van der Waals surface area contributed by atoms with Gasteiger partial charge in [-0.1, -0.05) is 74.5 Å². The summed E-state index contributed by atoms with van der Waals surface area (Å²) in [6.07, 6.45) is -0.890. The lowest BCUT2D eigenvalue weighted by atomic mass is 9.99. The Hall–Kier alpha value is -4.08. The van der Waals surface area contributed by atoms with Crippen LogP contribution >= 0.6 is 0 Å². The lowest BCUT2D eigenvalue weighted by Crippen LogP contribution is -2.30. The molecule has 2 aromatic rings. The van der Waals surface area contributed by atoms with Gasteiger partial charge in [0.1, 0.15) is 13.2 Å². The number of carbonyl (C=O) groups excluding carboxylic acids is 2. The van der Waals surface area contributed by atoms with Gasteiger partial charge in [-0.05, 0) is 23.0 Å². The molecule has 2 N–H and O–H groups in total. The van der Waals surface area contributed by atoms with Crippen LogP contribution in [0.4, 0.5) is 9.59 Å². The van der Waals surface area contributed by atoms with E-state index in [2.05, 4.69) is 0 Å². The number of likely N-dealkylation sites (tertiary alicyclic amines) is 2. The van der Waals surface area contributed by atoms with Gasteiger partial charge in [-0.25, -0.2) is 9.59 Å². The summed E-state index contributed by atoms with van der Waals surface area (Å²) in [7, 11) is 0. The van der Waals surface area contributed by atoms with Crippen molar-refractivity contribution in [2.24, 2.45) is 23.7 Å². The smallest absolute Gasteiger partial charge is 0.410 e. The molecule has 0 unspecified atom stereocenters. The summed E-state index contributed by atoms with van der Waals surface area (Å²) < 4.78 is 10.4. The Balaban J connectivity index is 0.000000211. The van der Waals surface area contributed by atoms with E-state index >= 15 is 0 Å². The molecular formula is C28H34N2O8. The zero-order chi connectivity index (χ0) is 27.7. The first-order valence-electron chi connectivity index (χ1n) is 12.5. The van der Waals surface area contributed by atoms with Gasteiger partial charge in [0.05, 0.1) is 11.8 Å². The molecule has 10 nitrogen and oxygen atoms in total. The molecule has 0 radical (unpaired) electrons. The maximum absolute atomic E-state index is 11.8. The van der Waals surface area contributed by atoms with E-state index in [4.69, 9.17) is 19.7 Å². The Morgan fingerprint density at radius 2 is 1.00 bits per heavy atom. The number of carboxylic acid groups (broad SMARTS) is 2. The molecule has 4 atom stereocenters. The molecular weight excluding hydrogens is 492 g/mol. The molecule has 4 rings (SSSR count). The number of nitrogens with zero attached hydrogens (tertiary/aromatic N) is 2. The number of aliphatic carboxylic acids is 2. The fourth-order valence-corrected chi connectivity index (χ4v) is 4.50. The van der Waals surface area contributed by atoms with Crippen molar-refractivity contribution in [3.63, 3.8) is 0 Å². The molecule has 2 heterocycles. The summed E-state index contributed by atoms with van der Waals surface area (Å²) in [6.45, 7) is 5.42. The highest BCUT2D eigenvalue weighted by molar-refractivity contribution is 5.75. The Labute approximate surface area is 221 Å². The molecule has 2 fully saturated rings. The molecule has 204 valence electrons. The normalized spacial score (nSPS) is 22.3. The first-order valence-corrected chi connectivity index (χ1v) is 12.5. The van der Waals surface area contributed by atoms with Crippen molar-refractivity contribution in [2.45, 2.75) is 27.1 Å². The lowest BCUT2D eigenvalue weighted by molar-refractivity contribution is -0.143. The van der Waals surface area contributed by atoms with E-state index in [0.717, 1.165) is 11.1 Å². The second-order valence-corrected chi connectivity index (χ2v) is 9.73. The van der Waals surface area contributed by atoms with Crippen molar-refractivity contribution in [2.75, 3.05) is 26.2 Å². The number of benzene rings is 2. The second kappa shape index (κ2) is 13.5. The Morgan fingerprint density at radius 1 is 0.658 bits per heavy atom. The Bertz CT molecular complexity index is 1010. The Kier molecular flexibility index (Phi) is 10.1. The molecule has 2 aliphatic rings. The van der Waals surface area contributed by atoms with E-state index in [9.17, 15) is 19.2 Å². The third-order valence-electron chi connectivity index (χ3n) is 6.79. The maximum atomic E-state index is 11.8. The highest BCUT2D eigenvalue weighted by atomic mass is 16.6. The SMILES string of the molecule is C[C@@H]1CN(C(=O)OCc2ccccc2)C[C@@H]1C(=O)O.C[C@H]1CN(C(=O)OCc2ccccc2)C[C@H]1C(=O)O. The molecule has 2 aromatic carbocycles. The van der Waals surface area contributed by atoms with Crippen LogP contribution < -0.4 is 0 Å². The zero-order valence-corrected chi connectivity index (χ0v) is 21.6. The van der Waals surface area contributed by atoms with E-state index in [1.165, 1.54) is 9.80 Å². The molecule has 0 spiro atoms. The zero-order valence-electron chi connectivity index (χ0n) is 21.6. The minimum atomic E-state index is -0.856. The number of hydrogen-bond donors (Lipinski definition) is 2. The molecule has 0 aliphatic carbocycles. The fraction of sp³-hybridized carbons (Fsp3) is 0.429. The van der Waals surface area contributed by atoms with Gasteiger partial charge in [-0.2, -0.15) is 0 Å². The van der Waals surface area contributed by atoms with Crippen molar-refractivity contribution in [1.29, 1.82) is 0 Å². The molecule has 10 heteroatoms. The van der Waals surface area contributed by atoms with Crippen LogP contribution in [0.2, 0.25) is 0 Å². The summed E-state index contributed by atoms with van der Waals surface area (Å²) in [5, 5.41) is 18.0. The third kappa shape index (κ3) is 7.96. The molecule has 2 saturated heterocycles. The lowest BCUT2D eigenvalue weighted by Gasteiger charge is -2.15. The highest BCUT2D eigenvalue weighted by Crippen LogP contribution is 2.25. The van der Waals surface area contributed by atoms with Crippen LogP contribution in [0.1, 0.15) is 25.0 Å². The predicted octanol–water partition coefficient (Wildman–Crippen LogP) is 3.95. The average molecular weight is 527 g/mol. The van der Waals surface area contributed by atoms with Crippen LogP contribution in [-0.2, 0) is 32.3 Å².